The van der Waals surface area contributed by atoms with Crippen LogP contribution in [-0.4, -0.2) is 87.3 Å². The molecular formula is C38H39F3N7O4+. The molecule has 1 saturated heterocycles. The Labute approximate surface area is 298 Å². The summed E-state index contributed by atoms with van der Waals surface area (Å²) in [5.74, 6) is -0.951. The fraction of sp³-hybridized carbons (Fsp3) is 0.289. The summed E-state index contributed by atoms with van der Waals surface area (Å²) >= 11 is 0. The van der Waals surface area contributed by atoms with Crippen molar-refractivity contribution < 1.29 is 32.0 Å². The number of quaternary nitrogens is 1. The zero-order chi connectivity index (χ0) is 37.6. The number of alkyl halides is 3. The summed E-state index contributed by atoms with van der Waals surface area (Å²) in [4.78, 5) is 42.2. The molecule has 0 N–H and O–H groups in total. The highest BCUT2D eigenvalue weighted by atomic mass is 19.4. The first-order valence-corrected chi connectivity index (χ1v) is 16.5. The SMILES string of the molecule is Cn1c(-c2ccnn2-c2ccc(C#N)cc2)c(C(=O)OC2CCN(C(=O)C[N+](C)(C)C)CC2)c(=O)n1-c1cccc(C(F)(F)F)c1.c1ccccc1. The van der Waals surface area contributed by atoms with Crippen molar-refractivity contribution in [2.45, 2.75) is 25.1 Å². The number of nitrogens with zero attached hydrogens (tertiary/aromatic N) is 7. The molecule has 0 spiro atoms. The number of piperidine rings is 1. The highest BCUT2D eigenvalue weighted by Crippen LogP contribution is 2.32. The lowest BCUT2D eigenvalue weighted by Gasteiger charge is -2.33. The predicted octanol–water partition coefficient (Wildman–Crippen LogP) is 5.46. The van der Waals surface area contributed by atoms with Gasteiger partial charge >= 0.3 is 12.1 Å². The molecule has 0 atom stereocenters. The zero-order valence-electron chi connectivity index (χ0n) is 29.2. The molecule has 1 fully saturated rings. The van der Waals surface area contributed by atoms with Crippen LogP contribution in [0.4, 0.5) is 13.2 Å². The van der Waals surface area contributed by atoms with Crippen molar-refractivity contribution in [3.05, 3.63) is 124 Å². The molecule has 0 radical (unpaired) electrons. The molecule has 5 aromatic rings. The highest BCUT2D eigenvalue weighted by Gasteiger charge is 2.34. The van der Waals surface area contributed by atoms with Gasteiger partial charge in [-0.15, -0.1) is 0 Å². The van der Waals surface area contributed by atoms with E-state index in [1.807, 2.05) is 63.6 Å². The Morgan fingerprint density at radius 1 is 0.923 bits per heavy atom. The number of amides is 1. The number of likely N-dealkylation sites (tertiary alicyclic amines) is 1. The normalized spacial score (nSPS) is 13.5. The summed E-state index contributed by atoms with van der Waals surface area (Å²) in [5, 5.41) is 13.6. The van der Waals surface area contributed by atoms with Gasteiger partial charge in [0.2, 0.25) is 0 Å². The van der Waals surface area contributed by atoms with E-state index in [1.54, 1.807) is 35.2 Å². The molecule has 0 saturated carbocycles. The molecule has 0 bridgehead atoms. The number of hydrogen-bond acceptors (Lipinski definition) is 6. The second-order valence-electron chi connectivity index (χ2n) is 13.3. The summed E-state index contributed by atoms with van der Waals surface area (Å²) in [5.41, 5.74) is -1.01. The number of hydrogen-bond donors (Lipinski definition) is 0. The Bertz CT molecular complexity index is 2090. The van der Waals surface area contributed by atoms with Crippen molar-refractivity contribution in [3.8, 4) is 28.8 Å². The van der Waals surface area contributed by atoms with E-state index >= 15 is 0 Å². The van der Waals surface area contributed by atoms with Gasteiger partial charge < -0.3 is 14.1 Å². The molecule has 1 aliphatic heterocycles. The lowest BCUT2D eigenvalue weighted by molar-refractivity contribution is -0.862. The Morgan fingerprint density at radius 3 is 2.10 bits per heavy atom. The Kier molecular flexibility index (Phi) is 11.1. The van der Waals surface area contributed by atoms with Crippen molar-refractivity contribution in [1.82, 2.24) is 24.0 Å². The smallest absolute Gasteiger partial charge is 0.416 e. The van der Waals surface area contributed by atoms with Gasteiger partial charge in [0.05, 0.1) is 61.6 Å². The second kappa shape index (κ2) is 15.5. The van der Waals surface area contributed by atoms with Gasteiger partial charge in [0.1, 0.15) is 11.8 Å². The number of aromatic nitrogens is 4. The fourth-order valence-corrected chi connectivity index (χ4v) is 5.88. The molecule has 6 rings (SSSR count). The minimum Gasteiger partial charge on any atom is -0.458 e. The van der Waals surface area contributed by atoms with Crippen molar-refractivity contribution in [3.63, 3.8) is 0 Å². The van der Waals surface area contributed by atoms with Crippen molar-refractivity contribution in [2.24, 2.45) is 7.05 Å². The van der Waals surface area contributed by atoms with E-state index in [9.17, 15) is 32.8 Å². The molecule has 1 aliphatic rings. The third kappa shape index (κ3) is 8.67. The quantitative estimate of drug-likeness (QED) is 0.164. The summed E-state index contributed by atoms with van der Waals surface area (Å²) in [6, 6.07) is 26.3. The third-order valence-electron chi connectivity index (χ3n) is 8.36. The van der Waals surface area contributed by atoms with Crippen molar-refractivity contribution in [2.75, 3.05) is 40.8 Å². The largest absolute Gasteiger partial charge is 0.458 e. The highest BCUT2D eigenvalue weighted by molar-refractivity contribution is 5.96. The van der Waals surface area contributed by atoms with Crippen LogP contribution in [0.1, 0.15) is 34.3 Å². The van der Waals surface area contributed by atoms with E-state index in [0.717, 1.165) is 16.8 Å². The summed E-state index contributed by atoms with van der Waals surface area (Å²) in [6.07, 6.45) is -3.06. The average Bonchev–Trinajstić information content (AvgIpc) is 3.70. The maximum absolute atomic E-state index is 14.0. The van der Waals surface area contributed by atoms with Crippen LogP contribution in [0.3, 0.4) is 0 Å². The fourth-order valence-electron chi connectivity index (χ4n) is 5.88. The molecule has 11 nitrogen and oxygen atoms in total. The number of likely N-dealkylation sites (N-methyl/N-ethyl adjacent to an activating group) is 1. The first kappa shape index (κ1) is 37.3. The van der Waals surface area contributed by atoms with Gasteiger partial charge in [0.25, 0.3) is 11.5 Å². The molecule has 1 amide bonds. The molecule has 52 heavy (non-hydrogen) atoms. The molecule has 270 valence electrons. The van der Waals surface area contributed by atoms with E-state index in [2.05, 4.69) is 5.10 Å². The van der Waals surface area contributed by atoms with E-state index in [0.29, 0.717) is 53.9 Å². The minimum absolute atomic E-state index is 0.0114. The topological polar surface area (TPSA) is 115 Å². The predicted molar refractivity (Wildman–Crippen MR) is 188 cm³/mol. The van der Waals surface area contributed by atoms with Gasteiger partial charge in [-0.2, -0.15) is 23.5 Å². The second-order valence-corrected chi connectivity index (χ2v) is 13.3. The maximum atomic E-state index is 14.0. The van der Waals surface area contributed by atoms with E-state index < -0.39 is 29.4 Å². The zero-order valence-corrected chi connectivity index (χ0v) is 29.2. The number of carbonyl (C=O) groups is 2. The molecule has 2 aromatic heterocycles. The number of carbonyl (C=O) groups excluding carboxylic acids is 2. The molecule has 14 heteroatoms. The Morgan fingerprint density at radius 2 is 1.54 bits per heavy atom. The van der Waals surface area contributed by atoms with Crippen LogP contribution in [0, 0.1) is 11.3 Å². The third-order valence-corrected chi connectivity index (χ3v) is 8.36. The number of ether oxygens (including phenoxy) is 1. The number of benzene rings is 3. The Hall–Kier alpha value is -5.94. The van der Waals surface area contributed by atoms with Gasteiger partial charge in [0.15, 0.2) is 12.1 Å². The number of esters is 1. The lowest BCUT2D eigenvalue weighted by Crippen LogP contribution is -2.49. The molecule has 0 unspecified atom stereocenters. The van der Waals surface area contributed by atoms with Gasteiger partial charge in [-0.1, -0.05) is 42.5 Å². The monoisotopic (exact) mass is 714 g/mol. The minimum atomic E-state index is -4.66. The molecular weight excluding hydrogens is 675 g/mol. The first-order valence-electron chi connectivity index (χ1n) is 16.5. The summed E-state index contributed by atoms with van der Waals surface area (Å²) in [6.45, 7) is 1.07. The van der Waals surface area contributed by atoms with Crippen LogP contribution in [0.5, 0.6) is 0 Å². The van der Waals surface area contributed by atoms with Crippen LogP contribution in [0.25, 0.3) is 22.8 Å². The summed E-state index contributed by atoms with van der Waals surface area (Å²) < 4.78 is 50.9. The molecule has 0 aliphatic carbocycles. The van der Waals surface area contributed by atoms with Crippen LogP contribution in [-0.2, 0) is 22.8 Å². The standard InChI is InChI=1S/C32H33F3N7O4.C6H6/c1-38-29(26-12-15-37-40(26)23-10-8-21(19-36)9-11-23)28(30(44)41(38)24-7-5-6-22(18-24)32(33,34)35)31(45)46-25-13-16-39(17-14-25)27(43)20-42(2,3)4;1-2-4-6-5-3-1/h5-12,15,18,25H,13-14,16-17,20H2,1-4H3;1-6H/q+1;. The number of rotatable bonds is 7. The van der Waals surface area contributed by atoms with E-state index in [1.165, 1.54) is 34.7 Å². The maximum Gasteiger partial charge on any atom is 0.416 e. The van der Waals surface area contributed by atoms with Gasteiger partial charge in [-0.25, -0.2) is 14.2 Å². The van der Waals surface area contributed by atoms with Crippen LogP contribution >= 0.6 is 0 Å². The van der Waals surface area contributed by atoms with E-state index in [4.69, 9.17) is 4.74 Å². The van der Waals surface area contributed by atoms with Gasteiger partial charge in [-0.3, -0.25) is 14.3 Å². The first-order chi connectivity index (χ1) is 24.7. The van der Waals surface area contributed by atoms with E-state index in [-0.39, 0.29) is 22.9 Å². The average molecular weight is 715 g/mol. The Balaban J connectivity index is 0.000000790. The van der Waals surface area contributed by atoms with Crippen molar-refractivity contribution >= 4 is 11.9 Å². The number of halogens is 3. The lowest BCUT2D eigenvalue weighted by atomic mass is 10.1. The van der Waals surface area contributed by atoms with Crippen LogP contribution < -0.4 is 5.56 Å². The van der Waals surface area contributed by atoms with Gasteiger partial charge in [0, 0.05) is 33.0 Å². The van der Waals surface area contributed by atoms with Crippen LogP contribution in [0.15, 0.2) is 102 Å². The molecule has 3 heterocycles. The number of nitriles is 1. The molecule has 3 aromatic carbocycles. The van der Waals surface area contributed by atoms with Crippen molar-refractivity contribution in [1.29, 1.82) is 5.26 Å². The van der Waals surface area contributed by atoms with Crippen LogP contribution in [0.2, 0.25) is 0 Å². The summed E-state index contributed by atoms with van der Waals surface area (Å²) in [7, 11) is 7.22. The van der Waals surface area contributed by atoms with Gasteiger partial charge in [-0.05, 0) is 48.5 Å².